The Kier molecular flexibility index (Phi) is 5.31. The number of rotatable bonds is 3. The van der Waals surface area contributed by atoms with Crippen LogP contribution in [-0.4, -0.2) is 38.0 Å². The molecule has 0 atom stereocenters. The molecule has 0 fully saturated rings. The second kappa shape index (κ2) is 6.74. The number of nitrogens with zero attached hydrogens (tertiary/aromatic N) is 1. The van der Waals surface area contributed by atoms with Gasteiger partial charge in [0.05, 0.1) is 18.7 Å². The third kappa shape index (κ3) is 4.53. The third-order valence-electron chi connectivity index (χ3n) is 2.04. The molecule has 0 aliphatic heterocycles. The highest BCUT2D eigenvalue weighted by atomic mass is 19.1. The molecule has 0 saturated carbocycles. The highest BCUT2D eigenvalue weighted by molar-refractivity contribution is 5.92. The van der Waals surface area contributed by atoms with Gasteiger partial charge in [0.2, 0.25) is 5.91 Å². The van der Waals surface area contributed by atoms with E-state index < -0.39 is 5.82 Å². The standard InChI is InChI=1S/C13H16FN3O/c1-17(2)9-13(18)16-11-6-5-10(4-3-7-15)12(14)8-11/h5-6,8H,7,9,15H2,1-2H3,(H,16,18). The Labute approximate surface area is 106 Å². The van der Waals surface area contributed by atoms with E-state index in [1.54, 1.807) is 25.1 Å². The van der Waals surface area contributed by atoms with Crippen LogP contribution in [0.25, 0.3) is 0 Å². The van der Waals surface area contributed by atoms with Crippen LogP contribution in [0.3, 0.4) is 0 Å². The number of carbonyl (C=O) groups excluding carboxylic acids is 1. The molecule has 0 spiro atoms. The summed E-state index contributed by atoms with van der Waals surface area (Å²) in [6.45, 7) is 0.428. The van der Waals surface area contributed by atoms with Gasteiger partial charge < -0.3 is 16.0 Å². The van der Waals surface area contributed by atoms with Crippen LogP contribution in [-0.2, 0) is 4.79 Å². The van der Waals surface area contributed by atoms with Gasteiger partial charge in [-0.3, -0.25) is 4.79 Å². The van der Waals surface area contributed by atoms with Crippen molar-refractivity contribution in [1.82, 2.24) is 4.90 Å². The van der Waals surface area contributed by atoms with E-state index in [1.807, 2.05) is 0 Å². The molecule has 0 aliphatic carbocycles. The normalized spacial score (nSPS) is 9.83. The van der Waals surface area contributed by atoms with E-state index in [4.69, 9.17) is 5.73 Å². The SMILES string of the molecule is CN(C)CC(=O)Nc1ccc(C#CCN)c(F)c1. The van der Waals surface area contributed by atoms with Gasteiger partial charge >= 0.3 is 0 Å². The van der Waals surface area contributed by atoms with Crippen LogP contribution in [0.2, 0.25) is 0 Å². The van der Waals surface area contributed by atoms with Crippen molar-refractivity contribution in [2.75, 3.05) is 32.5 Å². The Balaban J connectivity index is 2.75. The molecule has 4 nitrogen and oxygen atoms in total. The number of likely N-dealkylation sites (N-methyl/N-ethyl adjacent to an activating group) is 1. The molecule has 1 aromatic carbocycles. The lowest BCUT2D eigenvalue weighted by molar-refractivity contribution is -0.116. The monoisotopic (exact) mass is 249 g/mol. The molecule has 96 valence electrons. The van der Waals surface area contributed by atoms with Crippen LogP contribution in [0.5, 0.6) is 0 Å². The van der Waals surface area contributed by atoms with Gasteiger partial charge in [-0.1, -0.05) is 11.8 Å². The average Bonchev–Trinajstić information content (AvgIpc) is 2.26. The lowest BCUT2D eigenvalue weighted by Crippen LogP contribution is -2.27. The average molecular weight is 249 g/mol. The van der Waals surface area contributed by atoms with E-state index in [0.29, 0.717) is 5.69 Å². The van der Waals surface area contributed by atoms with E-state index in [1.165, 1.54) is 12.1 Å². The Morgan fingerprint density at radius 2 is 2.22 bits per heavy atom. The van der Waals surface area contributed by atoms with Crippen LogP contribution in [0.4, 0.5) is 10.1 Å². The zero-order valence-corrected chi connectivity index (χ0v) is 10.5. The number of nitrogens with one attached hydrogen (secondary N) is 1. The summed E-state index contributed by atoms with van der Waals surface area (Å²) in [6, 6.07) is 4.37. The fourth-order valence-corrected chi connectivity index (χ4v) is 1.33. The van der Waals surface area contributed by atoms with Gasteiger partial charge in [-0.05, 0) is 32.3 Å². The van der Waals surface area contributed by atoms with Gasteiger partial charge in [0.15, 0.2) is 0 Å². The molecule has 1 amide bonds. The van der Waals surface area contributed by atoms with Crippen LogP contribution < -0.4 is 11.1 Å². The van der Waals surface area contributed by atoms with Gasteiger partial charge in [0.25, 0.3) is 0 Å². The summed E-state index contributed by atoms with van der Waals surface area (Å²) in [5.41, 5.74) is 5.89. The summed E-state index contributed by atoms with van der Waals surface area (Å²) in [5.74, 6) is 4.52. The van der Waals surface area contributed by atoms with Crippen molar-refractivity contribution in [3.8, 4) is 11.8 Å². The largest absolute Gasteiger partial charge is 0.325 e. The third-order valence-corrected chi connectivity index (χ3v) is 2.04. The Bertz CT molecular complexity index is 489. The minimum Gasteiger partial charge on any atom is -0.325 e. The second-order valence-corrected chi connectivity index (χ2v) is 3.99. The van der Waals surface area contributed by atoms with Gasteiger partial charge in [-0.25, -0.2) is 4.39 Å². The van der Waals surface area contributed by atoms with E-state index in [2.05, 4.69) is 17.2 Å². The molecule has 0 saturated heterocycles. The maximum Gasteiger partial charge on any atom is 0.238 e. The van der Waals surface area contributed by atoms with E-state index in [0.717, 1.165) is 0 Å². The molecule has 5 heteroatoms. The number of benzene rings is 1. The molecule has 3 N–H and O–H groups in total. The lowest BCUT2D eigenvalue weighted by Gasteiger charge is -2.10. The zero-order chi connectivity index (χ0) is 13.5. The molecule has 0 bridgehead atoms. The van der Waals surface area contributed by atoms with Crippen molar-refractivity contribution in [3.05, 3.63) is 29.6 Å². The summed E-state index contributed by atoms with van der Waals surface area (Å²) in [5, 5.41) is 2.60. The second-order valence-electron chi connectivity index (χ2n) is 3.99. The predicted octanol–water partition coefficient (Wildman–Crippen LogP) is 0.636. The van der Waals surface area contributed by atoms with Crippen molar-refractivity contribution < 1.29 is 9.18 Å². The molecule has 0 aromatic heterocycles. The zero-order valence-electron chi connectivity index (χ0n) is 10.5. The summed E-state index contributed by atoms with van der Waals surface area (Å²) < 4.78 is 13.6. The number of nitrogens with two attached hydrogens (primary N) is 1. The lowest BCUT2D eigenvalue weighted by atomic mass is 10.2. The first kappa shape index (κ1) is 14.2. The smallest absolute Gasteiger partial charge is 0.238 e. The molecule has 0 radical (unpaired) electrons. The number of hydrogen-bond donors (Lipinski definition) is 2. The van der Waals surface area contributed by atoms with Gasteiger partial charge in [0, 0.05) is 5.69 Å². The Morgan fingerprint density at radius 3 is 2.78 bits per heavy atom. The first-order valence-electron chi connectivity index (χ1n) is 5.46. The quantitative estimate of drug-likeness (QED) is 0.773. The van der Waals surface area contributed by atoms with Crippen molar-refractivity contribution in [3.63, 3.8) is 0 Å². The molecule has 0 heterocycles. The van der Waals surface area contributed by atoms with E-state index >= 15 is 0 Å². The molecular weight excluding hydrogens is 233 g/mol. The maximum atomic E-state index is 13.6. The van der Waals surface area contributed by atoms with Crippen molar-refractivity contribution >= 4 is 11.6 Å². The Hall–Kier alpha value is -1.90. The van der Waals surface area contributed by atoms with E-state index in [9.17, 15) is 9.18 Å². The minimum atomic E-state index is -0.474. The van der Waals surface area contributed by atoms with Gasteiger partial charge in [0.1, 0.15) is 5.82 Å². The highest BCUT2D eigenvalue weighted by Gasteiger charge is 2.06. The fourth-order valence-electron chi connectivity index (χ4n) is 1.33. The van der Waals surface area contributed by atoms with Crippen molar-refractivity contribution in [2.45, 2.75) is 0 Å². The number of carbonyl (C=O) groups is 1. The topological polar surface area (TPSA) is 58.4 Å². The minimum absolute atomic E-state index is 0.181. The summed E-state index contributed by atoms with van der Waals surface area (Å²) in [7, 11) is 3.57. The number of hydrogen-bond acceptors (Lipinski definition) is 3. The fraction of sp³-hybridized carbons (Fsp3) is 0.308. The van der Waals surface area contributed by atoms with Crippen LogP contribution in [0.15, 0.2) is 18.2 Å². The molecular formula is C13H16FN3O. The highest BCUT2D eigenvalue weighted by Crippen LogP contribution is 2.13. The van der Waals surface area contributed by atoms with Crippen LogP contribution >= 0.6 is 0 Å². The summed E-state index contributed by atoms with van der Waals surface area (Å²) in [4.78, 5) is 13.2. The van der Waals surface area contributed by atoms with Gasteiger partial charge in [-0.15, -0.1) is 0 Å². The van der Waals surface area contributed by atoms with Crippen molar-refractivity contribution in [1.29, 1.82) is 0 Å². The molecule has 1 aromatic rings. The molecule has 0 unspecified atom stereocenters. The molecule has 18 heavy (non-hydrogen) atoms. The first-order valence-corrected chi connectivity index (χ1v) is 5.46. The van der Waals surface area contributed by atoms with Gasteiger partial charge in [-0.2, -0.15) is 0 Å². The number of anilines is 1. The van der Waals surface area contributed by atoms with Crippen LogP contribution in [0, 0.1) is 17.7 Å². The van der Waals surface area contributed by atoms with Crippen molar-refractivity contribution in [2.24, 2.45) is 5.73 Å². The predicted molar refractivity (Wildman–Crippen MR) is 69.5 cm³/mol. The van der Waals surface area contributed by atoms with E-state index in [-0.39, 0.29) is 24.6 Å². The molecule has 0 aliphatic rings. The molecule has 1 rings (SSSR count). The number of amides is 1. The first-order chi connectivity index (χ1) is 8.52. The van der Waals surface area contributed by atoms with Crippen LogP contribution in [0.1, 0.15) is 5.56 Å². The summed E-state index contributed by atoms with van der Waals surface area (Å²) in [6.07, 6.45) is 0. The maximum absolute atomic E-state index is 13.6. The Morgan fingerprint density at radius 1 is 1.50 bits per heavy atom. The number of halogens is 1. The summed E-state index contributed by atoms with van der Waals surface area (Å²) >= 11 is 0.